The Morgan fingerprint density at radius 3 is 2.63 bits per heavy atom. The molecule has 6 heteroatoms. The van der Waals surface area contributed by atoms with Crippen molar-refractivity contribution in [1.29, 1.82) is 0 Å². The number of hydrogen-bond donors (Lipinski definition) is 1. The van der Waals surface area contributed by atoms with Crippen LogP contribution in [0.1, 0.15) is 18.4 Å². The van der Waals surface area contributed by atoms with E-state index < -0.39 is 15.9 Å². The standard InChI is InChI=1S/C13H18N2O3S/c14-13(16)12-7-4-8-15(9-12)19(17,18)10-11-5-2-1-3-6-11/h1-3,5-6,12H,4,7-10H2,(H2,14,16)/t12-/m0/s1. The van der Waals surface area contributed by atoms with Crippen molar-refractivity contribution < 1.29 is 13.2 Å². The third kappa shape index (κ3) is 3.54. The number of benzene rings is 1. The van der Waals surface area contributed by atoms with E-state index in [2.05, 4.69) is 0 Å². The predicted molar refractivity (Wildman–Crippen MR) is 72.6 cm³/mol. The number of sulfonamides is 1. The summed E-state index contributed by atoms with van der Waals surface area (Å²) in [5, 5.41) is 0. The maximum atomic E-state index is 12.3. The third-order valence-electron chi connectivity index (χ3n) is 3.37. The van der Waals surface area contributed by atoms with Gasteiger partial charge < -0.3 is 5.73 Å². The first-order valence-corrected chi connectivity index (χ1v) is 7.91. The highest BCUT2D eigenvalue weighted by atomic mass is 32.2. The van der Waals surface area contributed by atoms with Gasteiger partial charge in [-0.25, -0.2) is 12.7 Å². The van der Waals surface area contributed by atoms with Crippen molar-refractivity contribution in [3.8, 4) is 0 Å². The van der Waals surface area contributed by atoms with E-state index in [1.54, 1.807) is 12.1 Å². The molecule has 0 bridgehead atoms. The van der Waals surface area contributed by atoms with Gasteiger partial charge in [-0.1, -0.05) is 30.3 Å². The van der Waals surface area contributed by atoms with Crippen LogP contribution in [0.2, 0.25) is 0 Å². The first-order valence-electron chi connectivity index (χ1n) is 6.30. The maximum absolute atomic E-state index is 12.3. The van der Waals surface area contributed by atoms with E-state index in [4.69, 9.17) is 5.73 Å². The molecular weight excluding hydrogens is 264 g/mol. The Hall–Kier alpha value is -1.40. The molecule has 1 aliphatic rings. The first-order chi connectivity index (χ1) is 8.99. The van der Waals surface area contributed by atoms with Crippen molar-refractivity contribution in [2.45, 2.75) is 18.6 Å². The van der Waals surface area contributed by atoms with Gasteiger partial charge in [-0.2, -0.15) is 0 Å². The molecule has 0 aliphatic carbocycles. The Morgan fingerprint density at radius 2 is 2.00 bits per heavy atom. The number of rotatable bonds is 4. The summed E-state index contributed by atoms with van der Waals surface area (Å²) in [6.45, 7) is 0.684. The molecule has 1 heterocycles. The molecule has 1 aromatic carbocycles. The smallest absolute Gasteiger partial charge is 0.221 e. The molecule has 1 saturated heterocycles. The number of carbonyl (C=O) groups excluding carboxylic acids is 1. The summed E-state index contributed by atoms with van der Waals surface area (Å²) >= 11 is 0. The first kappa shape index (κ1) is 14.0. The SMILES string of the molecule is NC(=O)[C@H]1CCCN(S(=O)(=O)Cc2ccccc2)C1. The molecule has 1 amide bonds. The number of amides is 1. The molecule has 2 N–H and O–H groups in total. The van der Waals surface area contributed by atoms with Crippen molar-refractivity contribution in [2.24, 2.45) is 11.7 Å². The van der Waals surface area contributed by atoms with Crippen molar-refractivity contribution in [2.75, 3.05) is 13.1 Å². The maximum Gasteiger partial charge on any atom is 0.221 e. The van der Waals surface area contributed by atoms with E-state index in [0.29, 0.717) is 19.4 Å². The highest BCUT2D eigenvalue weighted by Crippen LogP contribution is 2.21. The molecule has 1 aliphatic heterocycles. The minimum atomic E-state index is -3.38. The van der Waals surface area contributed by atoms with Gasteiger partial charge in [0.05, 0.1) is 11.7 Å². The van der Waals surface area contributed by atoms with Crippen molar-refractivity contribution >= 4 is 15.9 Å². The Labute approximate surface area is 113 Å². The van der Waals surface area contributed by atoms with Gasteiger partial charge in [0.2, 0.25) is 15.9 Å². The summed E-state index contributed by atoms with van der Waals surface area (Å²) in [4.78, 5) is 11.2. The molecule has 2 rings (SSSR count). The Balaban J connectivity index is 2.09. The lowest BCUT2D eigenvalue weighted by molar-refractivity contribution is -0.122. The normalized spacial score (nSPS) is 21.2. The van der Waals surface area contributed by atoms with Crippen molar-refractivity contribution in [1.82, 2.24) is 4.31 Å². The van der Waals surface area contributed by atoms with Gasteiger partial charge in [0.25, 0.3) is 0 Å². The number of piperidine rings is 1. The van der Waals surface area contributed by atoms with Gasteiger partial charge in [-0.15, -0.1) is 0 Å². The van der Waals surface area contributed by atoms with E-state index in [1.165, 1.54) is 4.31 Å². The Bertz CT molecular complexity index is 542. The molecule has 0 radical (unpaired) electrons. The second-order valence-corrected chi connectivity index (χ2v) is 6.81. The van der Waals surface area contributed by atoms with Crippen LogP contribution in [0.5, 0.6) is 0 Å². The van der Waals surface area contributed by atoms with E-state index in [-0.39, 0.29) is 18.2 Å². The monoisotopic (exact) mass is 282 g/mol. The van der Waals surface area contributed by atoms with Crippen LogP contribution in [0.15, 0.2) is 30.3 Å². The lowest BCUT2D eigenvalue weighted by Gasteiger charge is -2.30. The average Bonchev–Trinajstić information content (AvgIpc) is 2.39. The van der Waals surface area contributed by atoms with E-state index in [0.717, 1.165) is 5.56 Å². The number of nitrogens with zero attached hydrogens (tertiary/aromatic N) is 1. The minimum Gasteiger partial charge on any atom is -0.369 e. The highest BCUT2D eigenvalue weighted by Gasteiger charge is 2.31. The topological polar surface area (TPSA) is 80.5 Å². The zero-order chi connectivity index (χ0) is 13.9. The molecule has 0 unspecified atom stereocenters. The fraction of sp³-hybridized carbons (Fsp3) is 0.462. The van der Waals surface area contributed by atoms with Crippen molar-refractivity contribution in [3.63, 3.8) is 0 Å². The van der Waals surface area contributed by atoms with Crippen LogP contribution in [-0.2, 0) is 20.6 Å². The number of carbonyl (C=O) groups is 1. The zero-order valence-corrected chi connectivity index (χ0v) is 11.5. The van der Waals surface area contributed by atoms with Gasteiger partial charge in [-0.05, 0) is 18.4 Å². The molecule has 1 fully saturated rings. The number of primary amides is 1. The van der Waals surface area contributed by atoms with Crippen LogP contribution in [-0.4, -0.2) is 31.7 Å². The lowest BCUT2D eigenvalue weighted by Crippen LogP contribution is -2.44. The molecule has 1 atom stereocenters. The molecule has 0 spiro atoms. The van der Waals surface area contributed by atoms with Crippen molar-refractivity contribution in [3.05, 3.63) is 35.9 Å². The third-order valence-corrected chi connectivity index (χ3v) is 5.19. The minimum absolute atomic E-state index is 0.0285. The molecule has 19 heavy (non-hydrogen) atoms. The average molecular weight is 282 g/mol. The largest absolute Gasteiger partial charge is 0.369 e. The van der Waals surface area contributed by atoms with Gasteiger partial charge >= 0.3 is 0 Å². The highest BCUT2D eigenvalue weighted by molar-refractivity contribution is 7.88. The Kier molecular flexibility index (Phi) is 4.21. The quantitative estimate of drug-likeness (QED) is 0.883. The van der Waals surface area contributed by atoms with Crippen LogP contribution in [0.4, 0.5) is 0 Å². The lowest BCUT2D eigenvalue weighted by atomic mass is 9.99. The van der Waals surface area contributed by atoms with Gasteiger partial charge in [-0.3, -0.25) is 4.79 Å². The summed E-state index contributed by atoms with van der Waals surface area (Å²) in [5.41, 5.74) is 6.02. The summed E-state index contributed by atoms with van der Waals surface area (Å²) < 4.78 is 26.0. The molecule has 1 aromatic rings. The van der Waals surface area contributed by atoms with Gasteiger partial charge in [0.1, 0.15) is 0 Å². The second kappa shape index (κ2) is 5.71. The fourth-order valence-corrected chi connectivity index (χ4v) is 3.91. The summed E-state index contributed by atoms with van der Waals surface area (Å²) in [6.07, 6.45) is 1.36. The van der Waals surface area contributed by atoms with Crippen LogP contribution >= 0.6 is 0 Å². The summed E-state index contributed by atoms with van der Waals surface area (Å²) in [5.74, 6) is -0.807. The number of hydrogen-bond acceptors (Lipinski definition) is 3. The fourth-order valence-electron chi connectivity index (χ4n) is 2.30. The Morgan fingerprint density at radius 1 is 1.32 bits per heavy atom. The van der Waals surface area contributed by atoms with Crippen LogP contribution in [0.3, 0.4) is 0 Å². The zero-order valence-electron chi connectivity index (χ0n) is 10.7. The van der Waals surface area contributed by atoms with E-state index >= 15 is 0 Å². The molecule has 0 aromatic heterocycles. The molecular formula is C13H18N2O3S. The van der Waals surface area contributed by atoms with E-state index in [9.17, 15) is 13.2 Å². The second-order valence-electron chi connectivity index (χ2n) is 4.84. The van der Waals surface area contributed by atoms with Crippen LogP contribution in [0, 0.1) is 5.92 Å². The predicted octanol–water partition coefficient (Wildman–Crippen LogP) is 0.714. The van der Waals surface area contributed by atoms with Crippen LogP contribution < -0.4 is 5.73 Å². The molecule has 104 valence electrons. The van der Waals surface area contributed by atoms with E-state index in [1.807, 2.05) is 18.2 Å². The van der Waals surface area contributed by atoms with Gasteiger partial charge in [0, 0.05) is 13.1 Å². The van der Waals surface area contributed by atoms with Crippen LogP contribution in [0.25, 0.3) is 0 Å². The molecule has 5 nitrogen and oxygen atoms in total. The summed E-state index contributed by atoms with van der Waals surface area (Å²) in [7, 11) is -3.38. The summed E-state index contributed by atoms with van der Waals surface area (Å²) in [6, 6.07) is 9.04. The number of nitrogens with two attached hydrogens (primary N) is 1. The molecule has 0 saturated carbocycles. The van der Waals surface area contributed by atoms with Gasteiger partial charge in [0.15, 0.2) is 0 Å².